The zero-order valence-corrected chi connectivity index (χ0v) is 8.42. The van der Waals surface area contributed by atoms with E-state index < -0.39 is 0 Å². The molecule has 0 aromatic rings. The fourth-order valence-electron chi connectivity index (χ4n) is 2.12. The third kappa shape index (κ3) is 2.09. The fourth-order valence-corrected chi connectivity index (χ4v) is 2.12. The van der Waals surface area contributed by atoms with Crippen molar-refractivity contribution in [2.75, 3.05) is 33.2 Å². The number of hydrogen-bond donors (Lipinski definition) is 1. The van der Waals surface area contributed by atoms with Gasteiger partial charge in [0.1, 0.15) is 0 Å². The highest BCUT2D eigenvalue weighted by Crippen LogP contribution is 2.20. The highest BCUT2D eigenvalue weighted by Gasteiger charge is 2.31. The van der Waals surface area contributed by atoms with Crippen LogP contribution in [0.1, 0.15) is 19.3 Å². The van der Waals surface area contributed by atoms with Gasteiger partial charge in [-0.25, -0.2) is 0 Å². The topological polar surface area (TPSA) is 27.6 Å². The molecule has 1 spiro atoms. The van der Waals surface area contributed by atoms with Gasteiger partial charge in [0.05, 0.1) is 5.54 Å². The number of piperidine rings is 1. The lowest BCUT2D eigenvalue weighted by Crippen LogP contribution is -2.53. The van der Waals surface area contributed by atoms with E-state index in [1.54, 1.807) is 0 Å². The van der Waals surface area contributed by atoms with Crippen LogP contribution in [0.5, 0.6) is 0 Å². The molecule has 1 fully saturated rings. The normalized spacial score (nSPS) is 29.0. The molecule has 0 radical (unpaired) electrons. The van der Waals surface area contributed by atoms with E-state index in [2.05, 4.69) is 28.5 Å². The van der Waals surface area contributed by atoms with Crippen molar-refractivity contribution < 1.29 is 0 Å². The molecule has 0 bridgehead atoms. The van der Waals surface area contributed by atoms with E-state index in [1.807, 2.05) is 0 Å². The Morgan fingerprint density at radius 1 is 1.38 bits per heavy atom. The smallest absolute Gasteiger partial charge is 0.0558 e. The lowest BCUT2D eigenvalue weighted by molar-refractivity contribution is 0.208. The van der Waals surface area contributed by atoms with Gasteiger partial charge in [-0.3, -0.25) is 4.99 Å². The molecule has 0 saturated carbocycles. The third-order valence-electron chi connectivity index (χ3n) is 3.16. The standard InChI is InChI=1S/C10H19N3/c1-13-7-3-10(4-8-13)9-11-5-2-6-12-10/h9,12H,2-8H2,1H3. The van der Waals surface area contributed by atoms with Gasteiger partial charge >= 0.3 is 0 Å². The molecule has 0 amide bonds. The molecule has 0 aromatic heterocycles. The minimum absolute atomic E-state index is 0.239. The van der Waals surface area contributed by atoms with E-state index in [9.17, 15) is 0 Å². The van der Waals surface area contributed by atoms with Gasteiger partial charge in [-0.1, -0.05) is 0 Å². The lowest BCUT2D eigenvalue weighted by Gasteiger charge is -2.38. The predicted octanol–water partition coefficient (Wildman–Crippen LogP) is 0.515. The maximum atomic E-state index is 4.47. The minimum atomic E-state index is 0.239. The molecule has 74 valence electrons. The summed E-state index contributed by atoms with van der Waals surface area (Å²) in [7, 11) is 2.20. The van der Waals surface area contributed by atoms with Crippen LogP contribution in [0.25, 0.3) is 0 Å². The van der Waals surface area contributed by atoms with E-state index in [0.29, 0.717) is 0 Å². The Kier molecular flexibility index (Phi) is 2.65. The molecule has 0 aromatic carbocycles. The summed E-state index contributed by atoms with van der Waals surface area (Å²) in [6, 6.07) is 0. The molecular weight excluding hydrogens is 162 g/mol. The quantitative estimate of drug-likeness (QED) is 0.590. The van der Waals surface area contributed by atoms with E-state index in [-0.39, 0.29) is 5.54 Å². The summed E-state index contributed by atoms with van der Waals surface area (Å²) >= 11 is 0. The van der Waals surface area contributed by atoms with E-state index in [4.69, 9.17) is 0 Å². The number of nitrogens with one attached hydrogen (secondary N) is 1. The van der Waals surface area contributed by atoms with Crippen molar-refractivity contribution in [1.82, 2.24) is 10.2 Å². The highest BCUT2D eigenvalue weighted by atomic mass is 15.1. The van der Waals surface area contributed by atoms with Crippen molar-refractivity contribution >= 4 is 6.21 Å². The Morgan fingerprint density at radius 3 is 2.92 bits per heavy atom. The first-order valence-electron chi connectivity index (χ1n) is 5.25. The van der Waals surface area contributed by atoms with Gasteiger partial charge in [-0.15, -0.1) is 0 Å². The first-order valence-corrected chi connectivity index (χ1v) is 5.25. The van der Waals surface area contributed by atoms with Crippen LogP contribution in [0.3, 0.4) is 0 Å². The molecule has 0 atom stereocenters. The lowest BCUT2D eigenvalue weighted by atomic mass is 9.89. The van der Waals surface area contributed by atoms with E-state index >= 15 is 0 Å². The Balaban J connectivity index is 2.01. The molecule has 1 saturated heterocycles. The van der Waals surface area contributed by atoms with Gasteiger partial charge in [-0.05, 0) is 45.9 Å². The zero-order valence-electron chi connectivity index (χ0n) is 8.42. The molecule has 0 unspecified atom stereocenters. The SMILES string of the molecule is CN1CCC2(C=NCCCN2)CC1. The Bertz CT molecular complexity index is 192. The first-order chi connectivity index (χ1) is 6.31. The van der Waals surface area contributed by atoms with Crippen LogP contribution in [0.4, 0.5) is 0 Å². The second kappa shape index (κ2) is 3.76. The van der Waals surface area contributed by atoms with Crippen molar-refractivity contribution in [2.24, 2.45) is 4.99 Å². The van der Waals surface area contributed by atoms with Crippen LogP contribution in [-0.2, 0) is 0 Å². The van der Waals surface area contributed by atoms with Gasteiger partial charge in [0, 0.05) is 12.8 Å². The monoisotopic (exact) mass is 181 g/mol. The van der Waals surface area contributed by atoms with Crippen LogP contribution in [0, 0.1) is 0 Å². The van der Waals surface area contributed by atoms with Crippen LogP contribution in [0.2, 0.25) is 0 Å². The molecule has 2 heterocycles. The average Bonchev–Trinajstić information content (AvgIpc) is 2.37. The number of nitrogens with zero attached hydrogens (tertiary/aromatic N) is 2. The maximum Gasteiger partial charge on any atom is 0.0558 e. The van der Waals surface area contributed by atoms with Crippen molar-refractivity contribution in [3.05, 3.63) is 0 Å². The highest BCUT2D eigenvalue weighted by molar-refractivity contribution is 5.70. The first kappa shape index (κ1) is 9.16. The van der Waals surface area contributed by atoms with Gasteiger partial charge in [0.25, 0.3) is 0 Å². The molecular formula is C10H19N3. The average molecular weight is 181 g/mol. The molecule has 1 N–H and O–H groups in total. The second-order valence-corrected chi connectivity index (χ2v) is 4.28. The van der Waals surface area contributed by atoms with Gasteiger partial charge in [0.15, 0.2) is 0 Å². The number of hydrogen-bond acceptors (Lipinski definition) is 3. The summed E-state index contributed by atoms with van der Waals surface area (Å²) in [5, 5.41) is 3.64. The summed E-state index contributed by atoms with van der Waals surface area (Å²) in [4.78, 5) is 6.86. The van der Waals surface area contributed by atoms with Crippen molar-refractivity contribution in [2.45, 2.75) is 24.8 Å². The summed E-state index contributed by atoms with van der Waals surface area (Å²) in [6.45, 7) is 4.52. The predicted molar refractivity (Wildman–Crippen MR) is 55.4 cm³/mol. The summed E-state index contributed by atoms with van der Waals surface area (Å²) in [5.41, 5.74) is 0.239. The van der Waals surface area contributed by atoms with Gasteiger partial charge in [0.2, 0.25) is 0 Å². The Hall–Kier alpha value is -0.410. The maximum absolute atomic E-state index is 4.47. The molecule has 2 aliphatic heterocycles. The molecule has 2 rings (SSSR count). The van der Waals surface area contributed by atoms with Gasteiger partial charge < -0.3 is 10.2 Å². The molecule has 3 heteroatoms. The number of rotatable bonds is 0. The minimum Gasteiger partial charge on any atom is -0.306 e. The fraction of sp³-hybridized carbons (Fsp3) is 0.900. The number of aliphatic imine (C=N–C) groups is 1. The van der Waals surface area contributed by atoms with Crippen LogP contribution in [-0.4, -0.2) is 49.9 Å². The number of likely N-dealkylation sites (tertiary alicyclic amines) is 1. The van der Waals surface area contributed by atoms with E-state index in [1.165, 1.54) is 32.4 Å². The van der Waals surface area contributed by atoms with Crippen LogP contribution in [0.15, 0.2) is 4.99 Å². The van der Waals surface area contributed by atoms with E-state index in [0.717, 1.165) is 13.1 Å². The van der Waals surface area contributed by atoms with Gasteiger partial charge in [-0.2, -0.15) is 0 Å². The van der Waals surface area contributed by atoms with Crippen molar-refractivity contribution in [1.29, 1.82) is 0 Å². The largest absolute Gasteiger partial charge is 0.306 e. The Morgan fingerprint density at radius 2 is 2.15 bits per heavy atom. The van der Waals surface area contributed by atoms with Crippen molar-refractivity contribution in [3.8, 4) is 0 Å². The summed E-state index contributed by atoms with van der Waals surface area (Å²) in [5.74, 6) is 0. The van der Waals surface area contributed by atoms with Crippen LogP contribution >= 0.6 is 0 Å². The summed E-state index contributed by atoms with van der Waals surface area (Å²) < 4.78 is 0. The zero-order chi connectivity index (χ0) is 9.15. The molecule has 2 aliphatic rings. The van der Waals surface area contributed by atoms with Crippen molar-refractivity contribution in [3.63, 3.8) is 0 Å². The third-order valence-corrected chi connectivity index (χ3v) is 3.16. The Labute approximate surface area is 80.2 Å². The summed E-state index contributed by atoms with van der Waals surface area (Å²) in [6.07, 6.45) is 5.79. The van der Waals surface area contributed by atoms with Crippen LogP contribution < -0.4 is 5.32 Å². The second-order valence-electron chi connectivity index (χ2n) is 4.28. The molecule has 0 aliphatic carbocycles. The molecule has 13 heavy (non-hydrogen) atoms. The molecule has 3 nitrogen and oxygen atoms in total.